The Morgan fingerprint density at radius 2 is 1.90 bits per heavy atom. The molecular weight excluding hydrogens is 280 g/mol. The Morgan fingerprint density at radius 1 is 1.05 bits per heavy atom. The van der Waals surface area contributed by atoms with Gasteiger partial charge in [0.15, 0.2) is 0 Å². The third-order valence-corrected chi connectivity index (χ3v) is 3.94. The Bertz CT molecular complexity index is 710. The number of nitrogens with two attached hydrogens (primary N) is 1. The fourth-order valence-electron chi connectivity index (χ4n) is 2.03. The van der Waals surface area contributed by atoms with Crippen LogP contribution in [0.4, 0.5) is 5.69 Å². The van der Waals surface area contributed by atoms with E-state index in [1.165, 1.54) is 5.56 Å². The van der Waals surface area contributed by atoms with E-state index in [0.717, 1.165) is 22.9 Å². The van der Waals surface area contributed by atoms with Crippen LogP contribution in [0.2, 0.25) is 0 Å². The predicted molar refractivity (Wildman–Crippen MR) is 86.5 cm³/mol. The summed E-state index contributed by atoms with van der Waals surface area (Å²) in [7, 11) is 0. The van der Waals surface area contributed by atoms with Crippen molar-refractivity contribution in [1.82, 2.24) is 4.98 Å². The molecule has 0 saturated carbocycles. The van der Waals surface area contributed by atoms with E-state index in [4.69, 9.17) is 10.5 Å². The van der Waals surface area contributed by atoms with Gasteiger partial charge in [-0.05, 0) is 17.7 Å². The maximum absolute atomic E-state index is 5.72. The van der Waals surface area contributed by atoms with Crippen molar-refractivity contribution in [2.75, 3.05) is 5.73 Å². The highest BCUT2D eigenvalue weighted by Gasteiger charge is 2.04. The summed E-state index contributed by atoms with van der Waals surface area (Å²) in [6, 6.07) is 17.8. The molecule has 3 rings (SSSR count). The molecule has 2 N–H and O–H groups in total. The molecule has 0 spiro atoms. The van der Waals surface area contributed by atoms with E-state index in [0.29, 0.717) is 12.3 Å². The summed E-state index contributed by atoms with van der Waals surface area (Å²) in [5.41, 5.74) is 8.65. The summed E-state index contributed by atoms with van der Waals surface area (Å²) in [5.74, 6) is 0.771. The molecular formula is C17H16N2OS. The van der Waals surface area contributed by atoms with Crippen LogP contribution >= 0.6 is 11.3 Å². The number of thiazole rings is 1. The lowest BCUT2D eigenvalue weighted by atomic mass is 10.2. The van der Waals surface area contributed by atoms with Gasteiger partial charge in [-0.3, -0.25) is 0 Å². The van der Waals surface area contributed by atoms with Gasteiger partial charge in [0.25, 0.3) is 0 Å². The first-order valence-electron chi connectivity index (χ1n) is 6.75. The van der Waals surface area contributed by atoms with E-state index < -0.39 is 0 Å². The van der Waals surface area contributed by atoms with Crippen LogP contribution in [0.3, 0.4) is 0 Å². The summed E-state index contributed by atoms with van der Waals surface area (Å²) >= 11 is 1.67. The molecule has 0 atom stereocenters. The van der Waals surface area contributed by atoms with Gasteiger partial charge in [-0.1, -0.05) is 36.4 Å². The molecule has 3 aromatic rings. The van der Waals surface area contributed by atoms with Gasteiger partial charge >= 0.3 is 0 Å². The molecule has 0 amide bonds. The molecule has 4 heteroatoms. The normalized spacial score (nSPS) is 10.5. The standard InChI is InChI=1S/C17H16N2OS/c18-14-7-4-8-16(10-14)20-11-15-12-21-17(19-15)9-13-5-2-1-3-6-13/h1-8,10,12H,9,11,18H2. The van der Waals surface area contributed by atoms with Gasteiger partial charge in [0.1, 0.15) is 12.4 Å². The van der Waals surface area contributed by atoms with Crippen LogP contribution < -0.4 is 10.5 Å². The third-order valence-electron chi connectivity index (χ3n) is 3.04. The van der Waals surface area contributed by atoms with Crippen LogP contribution in [0, 0.1) is 0 Å². The molecule has 0 aliphatic heterocycles. The molecule has 0 aliphatic carbocycles. The van der Waals surface area contributed by atoms with Crippen molar-refractivity contribution in [3.63, 3.8) is 0 Å². The summed E-state index contributed by atoms with van der Waals surface area (Å²) in [6.45, 7) is 0.467. The molecule has 0 radical (unpaired) electrons. The van der Waals surface area contributed by atoms with Crippen molar-refractivity contribution in [1.29, 1.82) is 0 Å². The maximum atomic E-state index is 5.72. The van der Waals surface area contributed by atoms with Crippen molar-refractivity contribution in [2.45, 2.75) is 13.0 Å². The average molecular weight is 296 g/mol. The molecule has 3 nitrogen and oxygen atoms in total. The van der Waals surface area contributed by atoms with Crippen LogP contribution in [-0.2, 0) is 13.0 Å². The maximum Gasteiger partial charge on any atom is 0.131 e. The van der Waals surface area contributed by atoms with Crippen LogP contribution in [0.5, 0.6) is 5.75 Å². The first-order valence-corrected chi connectivity index (χ1v) is 7.63. The molecule has 1 heterocycles. The van der Waals surface area contributed by atoms with Crippen LogP contribution in [0.25, 0.3) is 0 Å². The SMILES string of the molecule is Nc1cccc(OCc2csc(Cc3ccccc3)n2)c1. The van der Waals surface area contributed by atoms with Gasteiger partial charge in [0, 0.05) is 23.6 Å². The van der Waals surface area contributed by atoms with Gasteiger partial charge < -0.3 is 10.5 Å². The summed E-state index contributed by atoms with van der Waals surface area (Å²) in [6.07, 6.45) is 0.865. The highest BCUT2D eigenvalue weighted by atomic mass is 32.1. The minimum atomic E-state index is 0.467. The molecule has 106 valence electrons. The van der Waals surface area contributed by atoms with Crippen LogP contribution in [0.1, 0.15) is 16.3 Å². The number of nitrogens with zero attached hydrogens (tertiary/aromatic N) is 1. The molecule has 0 aliphatic rings. The minimum absolute atomic E-state index is 0.467. The molecule has 2 aromatic carbocycles. The number of anilines is 1. The number of hydrogen-bond acceptors (Lipinski definition) is 4. The number of benzene rings is 2. The van der Waals surface area contributed by atoms with E-state index in [9.17, 15) is 0 Å². The lowest BCUT2D eigenvalue weighted by Crippen LogP contribution is -1.97. The Labute approximate surface area is 128 Å². The van der Waals surface area contributed by atoms with Crippen LogP contribution in [-0.4, -0.2) is 4.98 Å². The van der Waals surface area contributed by atoms with Crippen molar-refractivity contribution in [3.05, 3.63) is 76.2 Å². The number of ether oxygens (including phenoxy) is 1. The zero-order valence-electron chi connectivity index (χ0n) is 11.5. The van der Waals surface area contributed by atoms with Crippen molar-refractivity contribution in [3.8, 4) is 5.75 Å². The van der Waals surface area contributed by atoms with Gasteiger partial charge in [-0.2, -0.15) is 0 Å². The predicted octanol–water partition coefficient (Wildman–Crippen LogP) is 3.90. The first kappa shape index (κ1) is 13.6. The van der Waals surface area contributed by atoms with Gasteiger partial charge in [-0.15, -0.1) is 11.3 Å². The molecule has 0 bridgehead atoms. The summed E-state index contributed by atoms with van der Waals surface area (Å²) in [5, 5.41) is 3.15. The highest BCUT2D eigenvalue weighted by Crippen LogP contribution is 2.18. The fourth-order valence-corrected chi connectivity index (χ4v) is 2.84. The molecule has 1 aromatic heterocycles. The monoisotopic (exact) mass is 296 g/mol. The quantitative estimate of drug-likeness (QED) is 0.726. The smallest absolute Gasteiger partial charge is 0.131 e. The van der Waals surface area contributed by atoms with Crippen molar-refractivity contribution < 1.29 is 4.74 Å². The second kappa shape index (κ2) is 6.41. The number of hydrogen-bond donors (Lipinski definition) is 1. The summed E-state index contributed by atoms with van der Waals surface area (Å²) < 4.78 is 5.70. The lowest BCUT2D eigenvalue weighted by molar-refractivity contribution is 0.302. The van der Waals surface area contributed by atoms with E-state index >= 15 is 0 Å². The van der Waals surface area contributed by atoms with E-state index in [-0.39, 0.29) is 0 Å². The Hall–Kier alpha value is -2.33. The Morgan fingerprint density at radius 3 is 2.71 bits per heavy atom. The number of nitrogen functional groups attached to an aromatic ring is 1. The topological polar surface area (TPSA) is 48.1 Å². The second-order valence-electron chi connectivity index (χ2n) is 4.76. The molecule has 0 fully saturated rings. The minimum Gasteiger partial charge on any atom is -0.487 e. The first-order chi connectivity index (χ1) is 10.3. The lowest BCUT2D eigenvalue weighted by Gasteiger charge is -2.04. The van der Waals surface area contributed by atoms with Gasteiger partial charge in [0.05, 0.1) is 10.7 Å². The zero-order valence-corrected chi connectivity index (χ0v) is 12.3. The fraction of sp³-hybridized carbons (Fsp3) is 0.118. The third kappa shape index (κ3) is 3.83. The summed E-state index contributed by atoms with van der Waals surface area (Å²) in [4.78, 5) is 4.61. The number of rotatable bonds is 5. The van der Waals surface area contributed by atoms with Crippen molar-refractivity contribution >= 4 is 17.0 Å². The van der Waals surface area contributed by atoms with E-state index in [1.807, 2.05) is 47.8 Å². The van der Waals surface area contributed by atoms with Crippen LogP contribution in [0.15, 0.2) is 60.0 Å². The highest BCUT2D eigenvalue weighted by molar-refractivity contribution is 7.09. The molecule has 0 unspecified atom stereocenters. The Kier molecular flexibility index (Phi) is 4.17. The van der Waals surface area contributed by atoms with Gasteiger partial charge in [0.2, 0.25) is 0 Å². The van der Waals surface area contributed by atoms with E-state index in [2.05, 4.69) is 17.1 Å². The largest absolute Gasteiger partial charge is 0.487 e. The van der Waals surface area contributed by atoms with Gasteiger partial charge in [-0.25, -0.2) is 4.98 Å². The zero-order chi connectivity index (χ0) is 14.5. The average Bonchev–Trinajstić information content (AvgIpc) is 2.94. The Balaban J connectivity index is 1.60. The second-order valence-corrected chi connectivity index (χ2v) is 5.70. The van der Waals surface area contributed by atoms with E-state index in [1.54, 1.807) is 11.3 Å². The molecule has 0 saturated heterocycles. The van der Waals surface area contributed by atoms with Crippen molar-refractivity contribution in [2.24, 2.45) is 0 Å². The number of aromatic nitrogens is 1. The molecule has 21 heavy (non-hydrogen) atoms.